The molecule has 0 atom stereocenters. The highest BCUT2D eigenvalue weighted by Gasteiger charge is 2.12. The first-order valence-electron chi connectivity index (χ1n) is 4.87. The first-order valence-corrected chi connectivity index (χ1v) is 5.62. The lowest BCUT2D eigenvalue weighted by atomic mass is 10.2. The third kappa shape index (κ3) is 3.05. The van der Waals surface area contributed by atoms with Crippen molar-refractivity contribution >= 4 is 23.2 Å². The van der Waals surface area contributed by atoms with Crippen LogP contribution in [0.15, 0.2) is 12.1 Å². The maximum Gasteiger partial charge on any atom is 0.135 e. The standard InChI is InChI=1S/C10H12Cl2N2O/c11-9-2-1-8(10(12)13-9)7-14-3-5-15-6-4-14/h1-2H,3-7H2. The minimum atomic E-state index is 0.436. The molecule has 1 saturated heterocycles. The summed E-state index contributed by atoms with van der Waals surface area (Å²) >= 11 is 11.7. The molecule has 15 heavy (non-hydrogen) atoms. The lowest BCUT2D eigenvalue weighted by molar-refractivity contribution is 0.0341. The number of hydrogen-bond acceptors (Lipinski definition) is 3. The lowest BCUT2D eigenvalue weighted by Gasteiger charge is -2.26. The van der Waals surface area contributed by atoms with Gasteiger partial charge in [-0.3, -0.25) is 4.90 Å². The Kier molecular flexibility index (Phi) is 3.81. The molecule has 0 spiro atoms. The van der Waals surface area contributed by atoms with Gasteiger partial charge in [0.1, 0.15) is 10.3 Å². The Morgan fingerprint density at radius 2 is 2.00 bits per heavy atom. The zero-order valence-corrected chi connectivity index (χ0v) is 9.76. The zero-order chi connectivity index (χ0) is 10.7. The van der Waals surface area contributed by atoms with Gasteiger partial charge >= 0.3 is 0 Å². The normalized spacial score (nSPS) is 18.0. The highest BCUT2D eigenvalue weighted by atomic mass is 35.5. The van der Waals surface area contributed by atoms with Crippen LogP contribution in [0, 0.1) is 0 Å². The first-order chi connectivity index (χ1) is 7.25. The Labute approximate surface area is 98.9 Å². The van der Waals surface area contributed by atoms with Crippen molar-refractivity contribution in [2.45, 2.75) is 6.54 Å². The number of pyridine rings is 1. The number of hydrogen-bond donors (Lipinski definition) is 0. The van der Waals surface area contributed by atoms with E-state index in [0.29, 0.717) is 10.3 Å². The molecule has 1 aromatic rings. The number of aromatic nitrogens is 1. The highest BCUT2D eigenvalue weighted by molar-refractivity contribution is 6.32. The first kappa shape index (κ1) is 11.1. The average Bonchev–Trinajstić information content (AvgIpc) is 2.24. The van der Waals surface area contributed by atoms with E-state index in [0.717, 1.165) is 38.4 Å². The van der Waals surface area contributed by atoms with Gasteiger partial charge < -0.3 is 4.74 Å². The van der Waals surface area contributed by atoms with E-state index in [9.17, 15) is 0 Å². The van der Waals surface area contributed by atoms with Crippen molar-refractivity contribution in [2.75, 3.05) is 26.3 Å². The number of morpholine rings is 1. The van der Waals surface area contributed by atoms with Crippen LogP contribution in [-0.4, -0.2) is 36.2 Å². The molecule has 1 fully saturated rings. The molecule has 0 aliphatic carbocycles. The summed E-state index contributed by atoms with van der Waals surface area (Å²) in [5.74, 6) is 0. The van der Waals surface area contributed by atoms with Crippen LogP contribution in [0.25, 0.3) is 0 Å². The fourth-order valence-electron chi connectivity index (χ4n) is 1.56. The predicted molar refractivity (Wildman–Crippen MR) is 60.4 cm³/mol. The number of ether oxygens (including phenoxy) is 1. The van der Waals surface area contributed by atoms with E-state index in [1.54, 1.807) is 6.07 Å². The molecule has 82 valence electrons. The fraction of sp³-hybridized carbons (Fsp3) is 0.500. The largest absolute Gasteiger partial charge is 0.379 e. The summed E-state index contributed by atoms with van der Waals surface area (Å²) in [6, 6.07) is 3.69. The highest BCUT2D eigenvalue weighted by Crippen LogP contribution is 2.18. The van der Waals surface area contributed by atoms with Gasteiger partial charge in [0.15, 0.2) is 0 Å². The third-order valence-corrected chi connectivity index (χ3v) is 2.93. The molecular formula is C10H12Cl2N2O. The van der Waals surface area contributed by atoms with Crippen LogP contribution in [-0.2, 0) is 11.3 Å². The molecule has 0 aromatic carbocycles. The smallest absolute Gasteiger partial charge is 0.135 e. The van der Waals surface area contributed by atoms with Crippen LogP contribution in [0.1, 0.15) is 5.56 Å². The maximum absolute atomic E-state index is 6.00. The Balaban J connectivity index is 2.03. The Hall–Kier alpha value is -0.350. The van der Waals surface area contributed by atoms with Gasteiger partial charge in [-0.2, -0.15) is 0 Å². The van der Waals surface area contributed by atoms with Gasteiger partial charge in [-0.15, -0.1) is 0 Å². The van der Waals surface area contributed by atoms with E-state index >= 15 is 0 Å². The van der Waals surface area contributed by atoms with Crippen molar-refractivity contribution in [1.29, 1.82) is 0 Å². The molecule has 0 unspecified atom stereocenters. The maximum atomic E-state index is 6.00. The molecule has 1 aliphatic heterocycles. The molecule has 5 heteroatoms. The minimum Gasteiger partial charge on any atom is -0.379 e. The van der Waals surface area contributed by atoms with Crippen molar-refractivity contribution in [1.82, 2.24) is 9.88 Å². The van der Waals surface area contributed by atoms with Gasteiger partial charge in [0, 0.05) is 25.2 Å². The van der Waals surface area contributed by atoms with Crippen molar-refractivity contribution in [2.24, 2.45) is 0 Å². The summed E-state index contributed by atoms with van der Waals surface area (Å²) in [5.41, 5.74) is 1.02. The molecule has 0 bridgehead atoms. The molecule has 2 heterocycles. The van der Waals surface area contributed by atoms with Crippen LogP contribution in [0.4, 0.5) is 0 Å². The monoisotopic (exact) mass is 246 g/mol. The minimum absolute atomic E-state index is 0.436. The molecule has 0 saturated carbocycles. The fourth-order valence-corrected chi connectivity index (χ4v) is 1.96. The molecular weight excluding hydrogens is 235 g/mol. The van der Waals surface area contributed by atoms with E-state index in [1.807, 2.05) is 6.07 Å². The summed E-state index contributed by atoms with van der Waals surface area (Å²) in [4.78, 5) is 6.30. The molecule has 0 N–H and O–H groups in total. The van der Waals surface area contributed by atoms with Crippen molar-refractivity contribution in [3.8, 4) is 0 Å². The summed E-state index contributed by atoms with van der Waals surface area (Å²) in [6.45, 7) is 4.28. The van der Waals surface area contributed by atoms with E-state index in [-0.39, 0.29) is 0 Å². The molecule has 2 rings (SSSR count). The van der Waals surface area contributed by atoms with Gasteiger partial charge in [-0.1, -0.05) is 29.3 Å². The number of halogens is 2. The van der Waals surface area contributed by atoms with Gasteiger partial charge in [0.05, 0.1) is 13.2 Å². The summed E-state index contributed by atoms with van der Waals surface area (Å²) in [7, 11) is 0. The summed E-state index contributed by atoms with van der Waals surface area (Å²) in [6.07, 6.45) is 0. The topological polar surface area (TPSA) is 25.4 Å². The molecule has 3 nitrogen and oxygen atoms in total. The van der Waals surface area contributed by atoms with Gasteiger partial charge in [0.2, 0.25) is 0 Å². The number of nitrogens with zero attached hydrogens (tertiary/aromatic N) is 2. The van der Waals surface area contributed by atoms with Crippen molar-refractivity contribution < 1.29 is 4.74 Å². The SMILES string of the molecule is Clc1ccc(CN2CCOCC2)c(Cl)n1. The van der Waals surface area contributed by atoms with E-state index in [1.165, 1.54) is 0 Å². The Morgan fingerprint density at radius 3 is 2.67 bits per heavy atom. The van der Waals surface area contributed by atoms with Crippen LogP contribution in [0.5, 0.6) is 0 Å². The quantitative estimate of drug-likeness (QED) is 0.749. The lowest BCUT2D eigenvalue weighted by Crippen LogP contribution is -2.35. The zero-order valence-electron chi connectivity index (χ0n) is 8.25. The van der Waals surface area contributed by atoms with Gasteiger partial charge in [-0.05, 0) is 6.07 Å². The molecule has 0 radical (unpaired) electrons. The second-order valence-electron chi connectivity index (χ2n) is 3.47. The van der Waals surface area contributed by atoms with Crippen LogP contribution in [0.2, 0.25) is 10.3 Å². The second-order valence-corrected chi connectivity index (χ2v) is 4.22. The summed E-state index contributed by atoms with van der Waals surface area (Å²) in [5, 5.41) is 0.930. The van der Waals surface area contributed by atoms with E-state index < -0.39 is 0 Å². The van der Waals surface area contributed by atoms with Crippen LogP contribution in [0.3, 0.4) is 0 Å². The van der Waals surface area contributed by atoms with Crippen molar-refractivity contribution in [3.05, 3.63) is 28.0 Å². The van der Waals surface area contributed by atoms with E-state index in [2.05, 4.69) is 9.88 Å². The molecule has 0 amide bonds. The average molecular weight is 247 g/mol. The predicted octanol–water partition coefficient (Wildman–Crippen LogP) is 2.22. The molecule has 1 aromatic heterocycles. The van der Waals surface area contributed by atoms with Gasteiger partial charge in [0.25, 0.3) is 0 Å². The van der Waals surface area contributed by atoms with E-state index in [4.69, 9.17) is 27.9 Å². The van der Waals surface area contributed by atoms with Crippen LogP contribution < -0.4 is 0 Å². The number of rotatable bonds is 2. The third-order valence-electron chi connectivity index (χ3n) is 2.39. The summed E-state index contributed by atoms with van der Waals surface area (Å²) < 4.78 is 5.28. The second kappa shape index (κ2) is 5.12. The Bertz CT molecular complexity index is 340. The van der Waals surface area contributed by atoms with Crippen LogP contribution >= 0.6 is 23.2 Å². The van der Waals surface area contributed by atoms with Crippen molar-refractivity contribution in [3.63, 3.8) is 0 Å². The Morgan fingerprint density at radius 1 is 1.27 bits per heavy atom. The van der Waals surface area contributed by atoms with Gasteiger partial charge in [-0.25, -0.2) is 4.98 Å². The molecule has 1 aliphatic rings.